The molecule has 214 valence electrons. The first-order valence-electron chi connectivity index (χ1n) is 13.1. The van der Waals surface area contributed by atoms with Crippen LogP contribution < -0.4 is 15.4 Å². The third-order valence-corrected chi connectivity index (χ3v) is 8.20. The molecule has 1 unspecified atom stereocenters. The van der Waals surface area contributed by atoms with Crippen LogP contribution in [0.25, 0.3) is 0 Å². The zero-order chi connectivity index (χ0) is 28.0. The summed E-state index contributed by atoms with van der Waals surface area (Å²) in [6, 6.07) is 11.8. The minimum absolute atomic E-state index is 0.0463. The van der Waals surface area contributed by atoms with Gasteiger partial charge >= 0.3 is 6.09 Å². The third-order valence-electron chi connectivity index (χ3n) is 6.76. The Hall–Kier alpha value is -2.90. The monoisotopic (exact) mass is 563 g/mol. The molecule has 0 spiro atoms. The van der Waals surface area contributed by atoms with Crippen molar-refractivity contribution in [2.24, 2.45) is 11.8 Å². The van der Waals surface area contributed by atoms with Gasteiger partial charge in [-0.05, 0) is 60.7 Å². The van der Waals surface area contributed by atoms with Gasteiger partial charge < -0.3 is 35.1 Å². The normalized spacial score (nSPS) is 22.3. The Morgan fingerprint density at radius 1 is 1.08 bits per heavy atom. The van der Waals surface area contributed by atoms with E-state index >= 15 is 0 Å². The summed E-state index contributed by atoms with van der Waals surface area (Å²) in [4.78, 5) is 12.8. The summed E-state index contributed by atoms with van der Waals surface area (Å²) in [5.74, 6) is 0.475. The third kappa shape index (κ3) is 8.05. The topological polar surface area (TPSA) is 155 Å². The van der Waals surface area contributed by atoms with E-state index in [1.807, 2.05) is 0 Å². The van der Waals surface area contributed by atoms with E-state index in [2.05, 4.69) is 29.2 Å². The SMILES string of the molecule is CC(C)CNc1ccc(S(=O)(=O)NC[C@@H](O)C(Cc2ccc(O)cc2)NC(=O)O[C@H]2CO[C@H]3OCC[C@H]32)cc1. The van der Waals surface area contributed by atoms with Gasteiger partial charge in [0.2, 0.25) is 10.0 Å². The van der Waals surface area contributed by atoms with Crippen molar-refractivity contribution in [1.82, 2.24) is 10.0 Å². The number of aliphatic hydroxyl groups excluding tert-OH is 1. The first kappa shape index (κ1) is 29.1. The molecular weight excluding hydrogens is 526 g/mol. The number of aromatic hydroxyl groups is 1. The standard InChI is InChI=1S/C27H37N3O8S/c1-17(2)14-28-19-5-9-21(10-6-19)39(34,35)29-15-24(32)23(13-18-3-7-20(31)8-4-18)30-27(33)38-25-16-37-26-22(25)11-12-36-26/h3-10,17,22-26,28-29,31-32H,11-16H2,1-2H3,(H,30,33)/t22-,23?,24+,25-,26+/m0/s1. The van der Waals surface area contributed by atoms with Crippen molar-refractivity contribution in [2.45, 2.75) is 56.1 Å². The van der Waals surface area contributed by atoms with Crippen molar-refractivity contribution >= 4 is 21.8 Å². The van der Waals surface area contributed by atoms with E-state index in [4.69, 9.17) is 14.2 Å². The van der Waals surface area contributed by atoms with Crippen LogP contribution in [0.5, 0.6) is 5.75 Å². The number of phenolic OH excluding ortho intramolecular Hbond substituents is 1. The summed E-state index contributed by atoms with van der Waals surface area (Å²) >= 11 is 0. The number of anilines is 1. The summed E-state index contributed by atoms with van der Waals surface area (Å²) in [6.45, 7) is 5.33. The molecule has 5 atom stereocenters. The van der Waals surface area contributed by atoms with Crippen LogP contribution in [0, 0.1) is 11.8 Å². The van der Waals surface area contributed by atoms with Gasteiger partial charge in [0.15, 0.2) is 6.29 Å². The first-order valence-corrected chi connectivity index (χ1v) is 14.6. The maximum atomic E-state index is 12.9. The molecule has 0 aromatic heterocycles. The predicted octanol–water partition coefficient (Wildman–Crippen LogP) is 2.20. The molecule has 2 aromatic carbocycles. The van der Waals surface area contributed by atoms with Crippen LogP contribution in [0.2, 0.25) is 0 Å². The zero-order valence-corrected chi connectivity index (χ0v) is 22.9. The molecule has 0 radical (unpaired) electrons. The Morgan fingerprint density at radius 2 is 1.79 bits per heavy atom. The second kappa shape index (κ2) is 13.0. The number of phenols is 1. The van der Waals surface area contributed by atoms with Crippen molar-refractivity contribution in [3.8, 4) is 5.75 Å². The zero-order valence-electron chi connectivity index (χ0n) is 22.1. The highest BCUT2D eigenvalue weighted by Gasteiger charge is 2.44. The number of fused-ring (bicyclic) bond motifs is 1. The van der Waals surface area contributed by atoms with Crippen molar-refractivity contribution < 1.29 is 37.6 Å². The Balaban J connectivity index is 1.38. The predicted molar refractivity (Wildman–Crippen MR) is 144 cm³/mol. The van der Waals surface area contributed by atoms with Crippen LogP contribution in [-0.2, 0) is 30.7 Å². The molecule has 11 nitrogen and oxygen atoms in total. The number of carbonyl (C=O) groups is 1. The lowest BCUT2D eigenvalue weighted by Gasteiger charge is -2.26. The molecule has 1 amide bonds. The summed E-state index contributed by atoms with van der Waals surface area (Å²) < 4.78 is 44.7. The average Bonchev–Trinajstić information content (AvgIpc) is 3.52. The van der Waals surface area contributed by atoms with Crippen LogP contribution >= 0.6 is 0 Å². The number of alkyl carbamates (subject to hydrolysis) is 1. The van der Waals surface area contributed by atoms with Gasteiger partial charge in [-0.1, -0.05) is 26.0 Å². The lowest BCUT2D eigenvalue weighted by molar-refractivity contribution is -0.0907. The Kier molecular flexibility index (Phi) is 9.67. The highest BCUT2D eigenvalue weighted by molar-refractivity contribution is 7.89. The second-order valence-corrected chi connectivity index (χ2v) is 12.1. The molecular formula is C27H37N3O8S. The molecule has 5 N–H and O–H groups in total. The molecule has 2 heterocycles. The van der Waals surface area contributed by atoms with Crippen LogP contribution in [0.15, 0.2) is 53.4 Å². The van der Waals surface area contributed by atoms with E-state index in [-0.39, 0.29) is 42.4 Å². The van der Waals surface area contributed by atoms with Gasteiger partial charge in [-0.15, -0.1) is 0 Å². The number of amides is 1. The lowest BCUT2D eigenvalue weighted by atomic mass is 10.0. The number of rotatable bonds is 12. The van der Waals surface area contributed by atoms with Gasteiger partial charge in [-0.2, -0.15) is 0 Å². The molecule has 0 aliphatic carbocycles. The van der Waals surface area contributed by atoms with Gasteiger partial charge in [-0.25, -0.2) is 17.9 Å². The van der Waals surface area contributed by atoms with Crippen LogP contribution in [0.4, 0.5) is 10.5 Å². The number of ether oxygens (including phenoxy) is 3. The Labute approximate surface area is 228 Å². The number of sulfonamides is 1. The van der Waals surface area contributed by atoms with E-state index in [0.29, 0.717) is 12.5 Å². The quantitative estimate of drug-likeness (QED) is 0.261. The fourth-order valence-electron chi connectivity index (χ4n) is 4.53. The molecule has 0 saturated carbocycles. The average molecular weight is 564 g/mol. The minimum Gasteiger partial charge on any atom is -0.508 e. The van der Waals surface area contributed by atoms with E-state index in [1.165, 1.54) is 24.3 Å². The van der Waals surface area contributed by atoms with Crippen molar-refractivity contribution in [2.75, 3.05) is 31.6 Å². The van der Waals surface area contributed by atoms with Crippen molar-refractivity contribution in [3.63, 3.8) is 0 Å². The van der Waals surface area contributed by atoms with E-state index < -0.39 is 34.4 Å². The molecule has 2 aliphatic rings. The van der Waals surface area contributed by atoms with Gasteiger partial charge in [0, 0.05) is 18.8 Å². The summed E-state index contributed by atoms with van der Waals surface area (Å²) in [5, 5.41) is 26.5. The van der Waals surface area contributed by atoms with Gasteiger partial charge in [0.05, 0.1) is 36.2 Å². The van der Waals surface area contributed by atoms with Gasteiger partial charge in [0.25, 0.3) is 0 Å². The molecule has 0 bridgehead atoms. The van der Waals surface area contributed by atoms with Crippen LogP contribution in [-0.4, -0.2) is 75.6 Å². The number of nitrogens with one attached hydrogen (secondary N) is 3. The molecule has 12 heteroatoms. The number of benzene rings is 2. The van der Waals surface area contributed by atoms with Crippen LogP contribution in [0.3, 0.4) is 0 Å². The molecule has 2 fully saturated rings. The van der Waals surface area contributed by atoms with Crippen molar-refractivity contribution in [1.29, 1.82) is 0 Å². The molecule has 39 heavy (non-hydrogen) atoms. The Bertz CT molecular complexity index is 1190. The maximum Gasteiger partial charge on any atom is 0.407 e. The van der Waals surface area contributed by atoms with Gasteiger partial charge in [-0.3, -0.25) is 0 Å². The summed E-state index contributed by atoms with van der Waals surface area (Å²) in [5.41, 5.74) is 1.53. The fourth-order valence-corrected chi connectivity index (χ4v) is 5.59. The van der Waals surface area contributed by atoms with Crippen molar-refractivity contribution in [3.05, 3.63) is 54.1 Å². The van der Waals surface area contributed by atoms with Crippen LogP contribution in [0.1, 0.15) is 25.8 Å². The Morgan fingerprint density at radius 3 is 2.49 bits per heavy atom. The molecule has 2 aromatic rings. The molecule has 2 aliphatic heterocycles. The number of hydrogen-bond acceptors (Lipinski definition) is 9. The fraction of sp³-hybridized carbons (Fsp3) is 0.519. The number of carbonyl (C=O) groups excluding carboxylic acids is 1. The number of aliphatic hydroxyl groups is 1. The minimum atomic E-state index is -3.92. The smallest absolute Gasteiger partial charge is 0.407 e. The lowest BCUT2D eigenvalue weighted by Crippen LogP contribution is -2.50. The second-order valence-electron chi connectivity index (χ2n) is 10.3. The largest absolute Gasteiger partial charge is 0.508 e. The first-order chi connectivity index (χ1) is 18.6. The van der Waals surface area contributed by atoms with E-state index in [0.717, 1.165) is 24.2 Å². The molecule has 4 rings (SSSR count). The van der Waals surface area contributed by atoms with Gasteiger partial charge in [0.1, 0.15) is 11.9 Å². The van der Waals surface area contributed by atoms with E-state index in [1.54, 1.807) is 24.3 Å². The maximum absolute atomic E-state index is 12.9. The highest BCUT2D eigenvalue weighted by atomic mass is 32.2. The van der Waals surface area contributed by atoms with E-state index in [9.17, 15) is 23.4 Å². The molecule has 2 saturated heterocycles. The summed E-state index contributed by atoms with van der Waals surface area (Å²) in [6.07, 6.45) is -1.98. The highest BCUT2D eigenvalue weighted by Crippen LogP contribution is 2.33. The summed E-state index contributed by atoms with van der Waals surface area (Å²) in [7, 11) is -3.92. The number of hydrogen-bond donors (Lipinski definition) is 5.